The molecule has 0 saturated carbocycles. The first kappa shape index (κ1) is 21.9. The number of nitrogens with one attached hydrogen (secondary N) is 1. The summed E-state index contributed by atoms with van der Waals surface area (Å²) in [7, 11) is 0. The molecule has 0 bridgehead atoms. The molecule has 1 N–H and O–H groups in total. The van der Waals surface area contributed by atoms with Crippen LogP contribution in [0.4, 0.5) is 11.5 Å². The van der Waals surface area contributed by atoms with E-state index >= 15 is 0 Å². The summed E-state index contributed by atoms with van der Waals surface area (Å²) in [6.07, 6.45) is 3.00. The lowest BCUT2D eigenvalue weighted by Crippen LogP contribution is -2.00. The van der Waals surface area contributed by atoms with Crippen molar-refractivity contribution in [1.29, 1.82) is 0 Å². The molecule has 3 aromatic carbocycles. The molecule has 0 fully saturated rings. The van der Waals surface area contributed by atoms with E-state index in [4.69, 9.17) is 4.74 Å². The van der Waals surface area contributed by atoms with Gasteiger partial charge in [0, 0.05) is 12.3 Å². The van der Waals surface area contributed by atoms with Crippen molar-refractivity contribution in [2.75, 3.05) is 5.43 Å². The van der Waals surface area contributed by atoms with E-state index in [1.54, 1.807) is 6.21 Å². The van der Waals surface area contributed by atoms with Crippen LogP contribution in [-0.4, -0.2) is 16.1 Å². The zero-order valence-corrected chi connectivity index (χ0v) is 19.7. The number of nitrogens with zero attached hydrogens (tertiary/aromatic N) is 3. The van der Waals surface area contributed by atoms with Gasteiger partial charge < -0.3 is 4.74 Å². The average Bonchev–Trinajstić information content (AvgIpc) is 2.79. The maximum atomic E-state index is 11.1. The molecule has 0 spiro atoms. The second kappa shape index (κ2) is 9.88. The number of halogens is 2. The number of fused-ring (bicyclic) bond motifs is 1. The SMILES string of the molecule is O=[N+]([O-])c1cccnc1N/N=C\c1cc(Br)c(OCc2cccc3ccccc23)c(Br)c1. The van der Waals surface area contributed by atoms with Crippen molar-refractivity contribution >= 4 is 60.4 Å². The van der Waals surface area contributed by atoms with Gasteiger partial charge in [-0.1, -0.05) is 42.5 Å². The van der Waals surface area contributed by atoms with Gasteiger partial charge in [-0.25, -0.2) is 4.98 Å². The van der Waals surface area contributed by atoms with Crippen LogP contribution in [0.5, 0.6) is 5.75 Å². The largest absolute Gasteiger partial charge is 0.487 e. The van der Waals surface area contributed by atoms with Gasteiger partial charge in [0.05, 0.1) is 20.1 Å². The summed E-state index contributed by atoms with van der Waals surface area (Å²) in [5, 5.41) is 17.5. The Hall–Kier alpha value is -3.30. The van der Waals surface area contributed by atoms with Gasteiger partial charge >= 0.3 is 5.69 Å². The van der Waals surface area contributed by atoms with Crippen molar-refractivity contribution in [3.05, 3.63) is 103 Å². The molecule has 7 nitrogen and oxygen atoms in total. The number of aromatic nitrogens is 1. The summed E-state index contributed by atoms with van der Waals surface area (Å²) in [5.41, 5.74) is 4.31. The highest BCUT2D eigenvalue weighted by atomic mass is 79.9. The van der Waals surface area contributed by atoms with Crippen LogP contribution in [0.1, 0.15) is 11.1 Å². The molecule has 0 saturated heterocycles. The number of hydrogen-bond donors (Lipinski definition) is 1. The second-order valence-corrected chi connectivity index (χ2v) is 8.45. The maximum Gasteiger partial charge on any atom is 0.313 e. The van der Waals surface area contributed by atoms with Gasteiger partial charge in [0.1, 0.15) is 12.4 Å². The number of nitro groups is 1. The Bertz CT molecular complexity index is 1300. The number of benzene rings is 3. The van der Waals surface area contributed by atoms with Crippen molar-refractivity contribution in [1.82, 2.24) is 4.98 Å². The number of hydrazone groups is 1. The maximum absolute atomic E-state index is 11.1. The Morgan fingerprint density at radius 3 is 2.59 bits per heavy atom. The molecule has 160 valence electrons. The lowest BCUT2D eigenvalue weighted by atomic mass is 10.1. The second-order valence-electron chi connectivity index (χ2n) is 6.74. The highest BCUT2D eigenvalue weighted by Crippen LogP contribution is 2.35. The van der Waals surface area contributed by atoms with Crippen LogP contribution in [0.15, 0.2) is 87.0 Å². The molecule has 0 aliphatic rings. The van der Waals surface area contributed by atoms with Crippen LogP contribution in [0, 0.1) is 10.1 Å². The lowest BCUT2D eigenvalue weighted by Gasteiger charge is -2.13. The third-order valence-electron chi connectivity index (χ3n) is 4.64. The van der Waals surface area contributed by atoms with E-state index in [9.17, 15) is 10.1 Å². The summed E-state index contributed by atoms with van der Waals surface area (Å²) in [6, 6.07) is 20.9. The minimum atomic E-state index is -0.514. The van der Waals surface area contributed by atoms with E-state index in [0.717, 1.165) is 25.5 Å². The first-order valence-corrected chi connectivity index (χ1v) is 11.1. The molecule has 4 aromatic rings. The molecule has 1 heterocycles. The summed E-state index contributed by atoms with van der Waals surface area (Å²) in [4.78, 5) is 14.5. The number of rotatable bonds is 7. The first-order valence-electron chi connectivity index (χ1n) is 9.50. The average molecular weight is 556 g/mol. The molecular weight excluding hydrogens is 540 g/mol. The summed E-state index contributed by atoms with van der Waals surface area (Å²) < 4.78 is 7.59. The van der Waals surface area contributed by atoms with Crippen LogP contribution in [-0.2, 0) is 6.61 Å². The van der Waals surface area contributed by atoms with Crippen LogP contribution >= 0.6 is 31.9 Å². The van der Waals surface area contributed by atoms with Gasteiger partial charge in [0.2, 0.25) is 5.82 Å². The zero-order chi connectivity index (χ0) is 22.5. The standard InChI is InChI=1S/C23H16Br2N4O3/c24-19-11-15(13-27-28-23-21(29(30)31)9-4-10-26-23)12-20(25)22(19)32-14-17-7-3-6-16-5-1-2-8-18(16)17/h1-13H,14H2,(H,26,28)/b27-13-. The highest BCUT2D eigenvalue weighted by molar-refractivity contribution is 9.11. The molecule has 32 heavy (non-hydrogen) atoms. The van der Waals surface area contributed by atoms with Gasteiger partial charge in [-0.2, -0.15) is 5.10 Å². The molecule has 0 atom stereocenters. The predicted octanol–water partition coefficient (Wildman–Crippen LogP) is 6.69. The van der Waals surface area contributed by atoms with Gasteiger partial charge in [-0.05, 0) is 72.0 Å². The van der Waals surface area contributed by atoms with Gasteiger partial charge in [0.15, 0.2) is 0 Å². The van der Waals surface area contributed by atoms with Crippen LogP contribution < -0.4 is 10.2 Å². The fraction of sp³-hybridized carbons (Fsp3) is 0.0435. The summed E-state index contributed by atoms with van der Waals surface area (Å²) >= 11 is 7.10. The first-order chi connectivity index (χ1) is 15.5. The van der Waals surface area contributed by atoms with Gasteiger partial charge in [0.25, 0.3) is 0 Å². The van der Waals surface area contributed by atoms with E-state index in [2.05, 4.69) is 65.6 Å². The minimum absolute atomic E-state index is 0.0712. The van der Waals surface area contributed by atoms with Gasteiger partial charge in [-0.3, -0.25) is 15.5 Å². The predicted molar refractivity (Wildman–Crippen MR) is 132 cm³/mol. The number of pyridine rings is 1. The molecule has 0 aliphatic carbocycles. The quantitative estimate of drug-likeness (QED) is 0.156. The summed E-state index contributed by atoms with van der Waals surface area (Å²) in [5.74, 6) is 0.741. The zero-order valence-electron chi connectivity index (χ0n) is 16.5. The van der Waals surface area contributed by atoms with E-state index in [1.807, 2.05) is 36.4 Å². The highest BCUT2D eigenvalue weighted by Gasteiger charge is 2.13. The van der Waals surface area contributed by atoms with E-state index in [-0.39, 0.29) is 11.5 Å². The minimum Gasteiger partial charge on any atom is -0.487 e. The van der Waals surface area contributed by atoms with Crippen LogP contribution in [0.3, 0.4) is 0 Å². The molecule has 1 aromatic heterocycles. The lowest BCUT2D eigenvalue weighted by molar-refractivity contribution is -0.384. The monoisotopic (exact) mass is 554 g/mol. The van der Waals surface area contributed by atoms with E-state index in [0.29, 0.717) is 12.4 Å². The molecule has 0 aliphatic heterocycles. The van der Waals surface area contributed by atoms with Gasteiger partial charge in [-0.15, -0.1) is 0 Å². The third-order valence-corrected chi connectivity index (χ3v) is 5.82. The topological polar surface area (TPSA) is 89.7 Å². The van der Waals surface area contributed by atoms with Crippen molar-refractivity contribution in [3.8, 4) is 5.75 Å². The van der Waals surface area contributed by atoms with Crippen molar-refractivity contribution in [2.45, 2.75) is 6.61 Å². The van der Waals surface area contributed by atoms with Crippen molar-refractivity contribution in [3.63, 3.8) is 0 Å². The van der Waals surface area contributed by atoms with E-state index < -0.39 is 4.92 Å². The molecule has 0 unspecified atom stereocenters. The smallest absolute Gasteiger partial charge is 0.313 e. The number of anilines is 1. The van der Waals surface area contributed by atoms with Crippen LogP contribution in [0.25, 0.3) is 10.8 Å². The fourth-order valence-electron chi connectivity index (χ4n) is 3.16. The molecule has 9 heteroatoms. The summed E-state index contributed by atoms with van der Waals surface area (Å²) in [6.45, 7) is 0.414. The Morgan fingerprint density at radius 1 is 1.06 bits per heavy atom. The molecular formula is C23H16Br2N4O3. The molecule has 0 radical (unpaired) electrons. The Balaban J connectivity index is 1.49. The van der Waals surface area contributed by atoms with Crippen molar-refractivity contribution in [2.24, 2.45) is 5.10 Å². The van der Waals surface area contributed by atoms with E-state index in [1.165, 1.54) is 23.7 Å². The van der Waals surface area contributed by atoms with Crippen LogP contribution in [0.2, 0.25) is 0 Å². The fourth-order valence-corrected chi connectivity index (χ4v) is 4.61. The molecule has 4 rings (SSSR count). The Morgan fingerprint density at radius 2 is 1.81 bits per heavy atom. The van der Waals surface area contributed by atoms with Crippen molar-refractivity contribution < 1.29 is 9.66 Å². The normalized spacial score (nSPS) is 11.1. The number of ether oxygens (including phenoxy) is 1. The third kappa shape index (κ3) is 4.95. The molecule has 0 amide bonds. The number of hydrogen-bond acceptors (Lipinski definition) is 6. The Kier molecular flexibility index (Phi) is 6.77. The Labute approximate surface area is 200 Å².